The number of nitrogens with zero attached hydrogens (tertiary/aromatic N) is 1. The highest BCUT2D eigenvalue weighted by atomic mass is 31.2. The Kier molecular flexibility index (Phi) is 38.8. The van der Waals surface area contributed by atoms with E-state index >= 15 is 4.79 Å². The lowest BCUT2D eigenvalue weighted by Crippen LogP contribution is -2.82. The highest BCUT2D eigenvalue weighted by molar-refractivity contribution is 7.45. The van der Waals surface area contributed by atoms with Crippen LogP contribution >= 0.6 is 7.82 Å². The number of Topliss-reactive ketones (excluding diaryl/α,β-unsaturated/α-hetero) is 1. The van der Waals surface area contributed by atoms with Gasteiger partial charge < -0.3 is 72.2 Å². The zero-order valence-corrected chi connectivity index (χ0v) is 69.5. The molecule has 0 aromatic heterocycles. The lowest BCUT2D eigenvalue weighted by Gasteiger charge is -2.67. The molecule has 3 fully saturated rings. The fourth-order valence-electron chi connectivity index (χ4n) is 16.0. The average Bonchev–Trinajstić information content (AvgIpc) is 0.668. The van der Waals surface area contributed by atoms with Gasteiger partial charge in [0.05, 0.1) is 63.4 Å². The summed E-state index contributed by atoms with van der Waals surface area (Å²) in [5, 5.41) is 40.2. The number of carbonyl (C=O) groups excluding carboxylic acids is 8. The molecule has 2 bridgehead atoms. The quantitative estimate of drug-likeness (QED) is 0.0102. The Morgan fingerprint density at radius 3 is 1.60 bits per heavy atom. The Labute approximate surface area is 665 Å². The molecule has 13 atom stereocenters. The number of nitrogens with one attached hydrogen (secondary N) is 1. The maximum atomic E-state index is 15.5. The van der Waals surface area contributed by atoms with Crippen LogP contribution in [0.1, 0.15) is 280 Å². The van der Waals surface area contributed by atoms with Crippen molar-refractivity contribution in [1.82, 2.24) is 5.32 Å². The van der Waals surface area contributed by atoms with Crippen molar-refractivity contribution in [2.24, 2.45) is 16.7 Å². The molecule has 3 aliphatic carbocycles. The highest BCUT2D eigenvalue weighted by Crippen LogP contribution is 2.64. The normalized spacial score (nSPS) is 23.7. The molecule has 4 N–H and O–H groups in total. The highest BCUT2D eigenvalue weighted by Gasteiger charge is 2.78. The van der Waals surface area contributed by atoms with Gasteiger partial charge in [0.2, 0.25) is 0 Å². The fraction of sp³-hybridized carbons (Fsp3) is 0.678. The van der Waals surface area contributed by atoms with Gasteiger partial charge in [-0.05, 0) is 67.7 Å². The number of rotatable bonds is 48. The van der Waals surface area contributed by atoms with Crippen molar-refractivity contribution in [3.8, 4) is 0 Å². The number of amides is 1. The van der Waals surface area contributed by atoms with Crippen LogP contribution in [0.5, 0.6) is 0 Å². The van der Waals surface area contributed by atoms with Crippen LogP contribution in [0.4, 0.5) is 0 Å². The molecule has 1 aliphatic heterocycles. The molecule has 4 aliphatic rings. The molecular weight excluding hydrogens is 1460 g/mol. The summed E-state index contributed by atoms with van der Waals surface area (Å²) < 4.78 is 64.1. The van der Waals surface area contributed by atoms with Crippen molar-refractivity contribution < 1.29 is 110 Å². The minimum absolute atomic E-state index is 0.00289. The first kappa shape index (κ1) is 94.1. The molecule has 112 heavy (non-hydrogen) atoms. The Balaban J connectivity index is 0.000000359. The number of phosphoric acid groups is 1. The number of phosphoric ester groups is 1. The molecular formula is C87H131N2O22P. The van der Waals surface area contributed by atoms with Crippen molar-refractivity contribution >= 4 is 55.3 Å². The van der Waals surface area contributed by atoms with E-state index in [2.05, 4.69) is 19.2 Å². The summed E-state index contributed by atoms with van der Waals surface area (Å²) >= 11 is 0. The average molecular weight is 1590 g/mol. The molecule has 1 heterocycles. The number of likely N-dealkylation sites (N-methyl/N-ethyl adjacent to an activating group) is 1. The molecule has 0 radical (unpaired) electrons. The van der Waals surface area contributed by atoms with E-state index in [1.807, 2.05) is 21.1 Å². The van der Waals surface area contributed by atoms with Gasteiger partial charge in [0, 0.05) is 50.5 Å². The standard InChI is InChI=1S/C47H51NO14.C40H80NO8P/c1-25-31(60-43(56)36(52)35(28-16-10-7-11-17-28)48-41(54)29-18-12-8-13-19-29)23-47(57)40(61-42(55)30-20-14-9-15-21-30)38-45(6,32(51)22-33-46(38,24-58-33)62-27(3)50)39(53)37(59-26(2)49)34(25)44(47,4)5;1-6-8-10-12-14-16-18-20-22-24-26-28-30-32-39(42)46-36-38(37-48-50(44,45)47-35-34-41(3,4)5)49-40(43)33-31-29-27-25-23-21-19-17-15-13-11-9-7-2/h7-21,31-33,35-38,40,51-52,57H,22-24H2,1-6H3,(H,48,54);38H,6-37H2,1-5H3/t31-,32-,33+,35-,36+,37+,38-,40-,45+,46-,47+;/m0./s1. The molecule has 1 saturated heterocycles. The van der Waals surface area contributed by atoms with Gasteiger partial charge in [-0.1, -0.05) is 249 Å². The van der Waals surface area contributed by atoms with Crippen molar-refractivity contribution in [3.63, 3.8) is 0 Å². The van der Waals surface area contributed by atoms with Crippen LogP contribution in [0, 0.1) is 16.7 Å². The van der Waals surface area contributed by atoms with Crippen molar-refractivity contribution in [2.75, 3.05) is 54.1 Å². The first-order valence-corrected chi connectivity index (χ1v) is 42.7. The summed E-state index contributed by atoms with van der Waals surface area (Å²) in [4.78, 5) is 121. The number of ketones is 1. The fourth-order valence-corrected chi connectivity index (χ4v) is 16.7. The number of ether oxygens (including phenoxy) is 7. The van der Waals surface area contributed by atoms with E-state index in [1.54, 1.807) is 92.7 Å². The van der Waals surface area contributed by atoms with Gasteiger partial charge in [-0.2, -0.15) is 0 Å². The Morgan fingerprint density at radius 2 is 1.12 bits per heavy atom. The number of fused-ring (bicyclic) bond motifs is 5. The maximum Gasteiger partial charge on any atom is 0.338 e. The predicted molar refractivity (Wildman–Crippen MR) is 422 cm³/mol. The first-order chi connectivity index (χ1) is 53.3. The summed E-state index contributed by atoms with van der Waals surface area (Å²) in [6.07, 6.45) is 20.7. The third kappa shape index (κ3) is 27.8. The Hall–Kier alpha value is -6.73. The van der Waals surface area contributed by atoms with E-state index in [-0.39, 0.29) is 67.3 Å². The molecule has 2 unspecified atom stereocenters. The summed E-state index contributed by atoms with van der Waals surface area (Å²) in [5.74, 6) is -7.66. The number of carbonyl (C=O) groups is 8. The topological polar surface area (TPSA) is 332 Å². The van der Waals surface area contributed by atoms with E-state index in [9.17, 15) is 58.3 Å². The smallest absolute Gasteiger partial charge is 0.338 e. The number of hydrogen-bond donors (Lipinski definition) is 4. The molecule has 24 nitrogen and oxygen atoms in total. The van der Waals surface area contributed by atoms with Crippen molar-refractivity contribution in [3.05, 3.63) is 119 Å². The molecule has 626 valence electrons. The SMILES string of the molecule is CC(=O)O[C@H]1C(=O)[C@@]2(C)[C@H]([C@H](OC(=O)c3ccccc3)[C@]3(O)C[C@H](OC(=O)[C@H](O)[C@@H](NC(=O)c4ccccc4)c4ccccc4)C(C)=C1C3(C)C)[C@]1(OC(C)=O)CO[C@@H]1C[C@@H]2O.CCCCCCCCCCCCCCCC(=O)OCC(COP(=O)([O-])OCC[N+](C)(C)C)OC(=O)CCCCCCCCCCCCCCC. The van der Waals surface area contributed by atoms with E-state index in [4.69, 9.17) is 42.2 Å². The second-order valence-electron chi connectivity index (χ2n) is 32.7. The van der Waals surface area contributed by atoms with Crippen LogP contribution in [0.25, 0.3) is 0 Å². The van der Waals surface area contributed by atoms with Crippen molar-refractivity contribution in [2.45, 2.75) is 308 Å². The van der Waals surface area contributed by atoms with Crippen LogP contribution in [-0.4, -0.2) is 175 Å². The van der Waals surface area contributed by atoms with E-state index in [0.717, 1.165) is 46.0 Å². The minimum atomic E-state index is -4.61. The molecule has 0 spiro atoms. The number of quaternary nitrogens is 1. The second-order valence-corrected chi connectivity index (χ2v) is 34.1. The van der Waals surface area contributed by atoms with Gasteiger partial charge >= 0.3 is 35.8 Å². The lowest BCUT2D eigenvalue weighted by molar-refractivity contribution is -0.870. The van der Waals surface area contributed by atoms with Crippen LogP contribution in [0.15, 0.2) is 102 Å². The number of aliphatic hydroxyl groups excluding tert-OH is 2. The lowest BCUT2D eigenvalue weighted by atomic mass is 9.44. The largest absolute Gasteiger partial charge is 0.756 e. The second kappa shape index (κ2) is 46.1. The zero-order valence-electron chi connectivity index (χ0n) is 68.6. The Morgan fingerprint density at radius 1 is 0.643 bits per heavy atom. The van der Waals surface area contributed by atoms with Crippen LogP contribution < -0.4 is 10.2 Å². The zero-order chi connectivity index (χ0) is 82.1. The molecule has 1 amide bonds. The number of esters is 6. The number of unbranched alkanes of at least 4 members (excludes halogenated alkanes) is 24. The number of hydrogen-bond acceptors (Lipinski definition) is 22. The summed E-state index contributed by atoms with van der Waals surface area (Å²) in [5.41, 5.74) is -7.02. The van der Waals surface area contributed by atoms with Gasteiger partial charge in [0.15, 0.2) is 29.7 Å². The van der Waals surface area contributed by atoms with E-state index < -0.39 is 139 Å². The number of aliphatic hydroxyl groups is 3. The summed E-state index contributed by atoms with van der Waals surface area (Å²) in [7, 11) is 1.18. The number of benzene rings is 3. The van der Waals surface area contributed by atoms with Gasteiger partial charge in [-0.3, -0.25) is 33.3 Å². The Bertz CT molecular complexity index is 3510. The summed E-state index contributed by atoms with van der Waals surface area (Å²) in [6.45, 7) is 12.2. The third-order valence-corrected chi connectivity index (χ3v) is 23.6. The van der Waals surface area contributed by atoms with Gasteiger partial charge in [0.25, 0.3) is 13.7 Å². The van der Waals surface area contributed by atoms with Crippen LogP contribution in [0.3, 0.4) is 0 Å². The van der Waals surface area contributed by atoms with Gasteiger partial charge in [-0.15, -0.1) is 0 Å². The van der Waals surface area contributed by atoms with E-state index in [0.29, 0.717) is 23.0 Å². The van der Waals surface area contributed by atoms with Gasteiger partial charge in [0.1, 0.15) is 43.7 Å². The molecule has 2 saturated carbocycles. The minimum Gasteiger partial charge on any atom is -0.756 e. The monoisotopic (exact) mass is 1590 g/mol. The maximum absolute atomic E-state index is 15.5. The predicted octanol–water partition coefficient (Wildman–Crippen LogP) is 14.3. The summed E-state index contributed by atoms with van der Waals surface area (Å²) in [6, 6.07) is 22.9. The van der Waals surface area contributed by atoms with Gasteiger partial charge in [-0.25, -0.2) is 9.59 Å². The molecule has 7 rings (SSSR count). The van der Waals surface area contributed by atoms with Crippen LogP contribution in [-0.2, 0) is 75.5 Å². The van der Waals surface area contributed by atoms with E-state index in [1.165, 1.54) is 154 Å². The first-order valence-electron chi connectivity index (χ1n) is 41.2. The molecule has 25 heteroatoms. The molecule has 3 aromatic rings. The van der Waals surface area contributed by atoms with Crippen LogP contribution in [0.2, 0.25) is 0 Å². The molecule has 3 aromatic carbocycles. The van der Waals surface area contributed by atoms with Crippen molar-refractivity contribution in [1.29, 1.82) is 0 Å². The third-order valence-electron chi connectivity index (χ3n) is 22.6.